The zero-order chi connectivity index (χ0) is 15.4. The van der Waals surface area contributed by atoms with E-state index in [0.717, 1.165) is 30.5 Å². The first-order valence-corrected chi connectivity index (χ1v) is 8.32. The molecule has 0 bridgehead atoms. The number of hydrogen-bond donors (Lipinski definition) is 2. The molecular weight excluding hydrogens is 278 g/mol. The average molecular weight is 303 g/mol. The first-order chi connectivity index (χ1) is 10.7. The Morgan fingerprint density at radius 2 is 2.05 bits per heavy atom. The van der Waals surface area contributed by atoms with Crippen LogP contribution >= 0.6 is 0 Å². The summed E-state index contributed by atoms with van der Waals surface area (Å²) in [5, 5.41) is 6.23. The largest absolute Gasteiger partial charge is 0.368 e. The zero-order valence-electron chi connectivity index (χ0n) is 13.3. The van der Waals surface area contributed by atoms with Gasteiger partial charge in [0.05, 0.1) is 0 Å². The lowest BCUT2D eigenvalue weighted by Gasteiger charge is -2.17. The monoisotopic (exact) mass is 303 g/mol. The summed E-state index contributed by atoms with van der Waals surface area (Å²) in [5.74, 6) is 3.43. The molecule has 22 heavy (non-hydrogen) atoms. The average Bonchev–Trinajstić information content (AvgIpc) is 3.13. The predicted molar refractivity (Wildman–Crippen MR) is 87.1 cm³/mol. The summed E-state index contributed by atoms with van der Waals surface area (Å²) < 4.78 is 0. The molecule has 2 fully saturated rings. The molecule has 0 spiro atoms. The lowest BCUT2D eigenvalue weighted by Crippen LogP contribution is -2.29. The quantitative estimate of drug-likeness (QED) is 0.751. The molecule has 0 radical (unpaired) electrons. The van der Waals surface area contributed by atoms with Gasteiger partial charge in [-0.05, 0) is 38.5 Å². The Bertz CT molecular complexity index is 523. The highest BCUT2D eigenvalue weighted by molar-refractivity contribution is 5.76. The lowest BCUT2D eigenvalue weighted by atomic mass is 10.3. The third kappa shape index (κ3) is 4.32. The van der Waals surface area contributed by atoms with Crippen molar-refractivity contribution in [1.29, 1.82) is 0 Å². The number of anilines is 2. The molecule has 0 aromatic carbocycles. The number of hydrogen-bond acceptors (Lipinski definition) is 5. The zero-order valence-corrected chi connectivity index (χ0v) is 13.3. The van der Waals surface area contributed by atoms with E-state index in [4.69, 9.17) is 0 Å². The van der Waals surface area contributed by atoms with E-state index in [1.54, 1.807) is 0 Å². The van der Waals surface area contributed by atoms with Crippen LogP contribution in [-0.2, 0) is 4.79 Å². The van der Waals surface area contributed by atoms with Gasteiger partial charge in [-0.3, -0.25) is 4.79 Å². The first kappa shape index (κ1) is 15.1. The second-order valence-electron chi connectivity index (χ2n) is 6.28. The van der Waals surface area contributed by atoms with Crippen LogP contribution in [0.3, 0.4) is 0 Å². The first-order valence-electron chi connectivity index (χ1n) is 8.32. The van der Waals surface area contributed by atoms with Crippen LogP contribution in [0.2, 0.25) is 0 Å². The van der Waals surface area contributed by atoms with Crippen molar-refractivity contribution in [2.24, 2.45) is 5.92 Å². The fraction of sp³-hybridized carbons (Fsp3) is 0.688. The molecule has 3 rings (SSSR count). The molecule has 1 aliphatic heterocycles. The van der Waals surface area contributed by atoms with Gasteiger partial charge in [-0.2, -0.15) is 0 Å². The molecule has 2 heterocycles. The standard InChI is InChI=1S/C16H25N5O/c1-12-19-14(11-15(20-12)21-8-2-3-9-21)17-6-7-18-16(22)10-13-4-5-13/h11,13H,2-10H2,1H3,(H,18,22)(H,17,19,20). The summed E-state index contributed by atoms with van der Waals surface area (Å²) in [4.78, 5) is 22.9. The molecule has 1 saturated heterocycles. The summed E-state index contributed by atoms with van der Waals surface area (Å²) >= 11 is 0. The highest BCUT2D eigenvalue weighted by atomic mass is 16.1. The minimum Gasteiger partial charge on any atom is -0.368 e. The number of nitrogens with zero attached hydrogens (tertiary/aromatic N) is 3. The van der Waals surface area contributed by atoms with Gasteiger partial charge in [0.25, 0.3) is 0 Å². The van der Waals surface area contributed by atoms with Crippen LogP contribution in [-0.4, -0.2) is 42.1 Å². The normalized spacial score (nSPS) is 17.6. The molecule has 0 unspecified atom stereocenters. The molecule has 2 N–H and O–H groups in total. The topological polar surface area (TPSA) is 70.2 Å². The van der Waals surface area contributed by atoms with Crippen molar-refractivity contribution < 1.29 is 4.79 Å². The third-order valence-electron chi connectivity index (χ3n) is 4.18. The molecule has 6 heteroatoms. The van der Waals surface area contributed by atoms with Crippen LogP contribution in [0, 0.1) is 12.8 Å². The molecule has 1 saturated carbocycles. The van der Waals surface area contributed by atoms with E-state index in [9.17, 15) is 4.79 Å². The number of aryl methyl sites for hydroxylation is 1. The van der Waals surface area contributed by atoms with Crippen LogP contribution in [0.1, 0.15) is 37.9 Å². The number of carbonyl (C=O) groups is 1. The summed E-state index contributed by atoms with van der Waals surface area (Å²) in [5.41, 5.74) is 0. The molecule has 0 atom stereocenters. The number of nitrogens with one attached hydrogen (secondary N) is 2. The molecule has 1 aliphatic carbocycles. The Labute approximate surface area is 131 Å². The number of carbonyl (C=O) groups excluding carboxylic acids is 1. The van der Waals surface area contributed by atoms with E-state index in [1.807, 2.05) is 13.0 Å². The van der Waals surface area contributed by atoms with Crippen molar-refractivity contribution in [2.45, 2.75) is 39.0 Å². The van der Waals surface area contributed by atoms with Gasteiger partial charge >= 0.3 is 0 Å². The van der Waals surface area contributed by atoms with Gasteiger partial charge in [-0.1, -0.05) is 0 Å². The highest BCUT2D eigenvalue weighted by Crippen LogP contribution is 2.32. The Hall–Kier alpha value is -1.85. The van der Waals surface area contributed by atoms with E-state index in [2.05, 4.69) is 25.5 Å². The van der Waals surface area contributed by atoms with Gasteiger partial charge in [0.1, 0.15) is 17.5 Å². The molecule has 6 nitrogen and oxygen atoms in total. The van der Waals surface area contributed by atoms with E-state index < -0.39 is 0 Å². The summed E-state index contributed by atoms with van der Waals surface area (Å²) in [6, 6.07) is 2.00. The maximum absolute atomic E-state index is 11.6. The van der Waals surface area contributed by atoms with E-state index >= 15 is 0 Å². The summed E-state index contributed by atoms with van der Waals surface area (Å²) in [7, 11) is 0. The maximum atomic E-state index is 11.6. The maximum Gasteiger partial charge on any atom is 0.220 e. The van der Waals surface area contributed by atoms with Crippen LogP contribution in [0.15, 0.2) is 6.07 Å². The lowest BCUT2D eigenvalue weighted by molar-refractivity contribution is -0.121. The van der Waals surface area contributed by atoms with Crippen molar-refractivity contribution >= 4 is 17.5 Å². The number of rotatable bonds is 7. The highest BCUT2D eigenvalue weighted by Gasteiger charge is 2.23. The van der Waals surface area contributed by atoms with Crippen LogP contribution < -0.4 is 15.5 Å². The molecule has 1 amide bonds. The van der Waals surface area contributed by atoms with E-state index in [1.165, 1.54) is 25.7 Å². The van der Waals surface area contributed by atoms with Gasteiger partial charge in [0, 0.05) is 38.7 Å². The third-order valence-corrected chi connectivity index (χ3v) is 4.18. The van der Waals surface area contributed by atoms with Crippen molar-refractivity contribution in [3.05, 3.63) is 11.9 Å². The summed E-state index contributed by atoms with van der Waals surface area (Å²) in [6.07, 6.45) is 5.58. The van der Waals surface area contributed by atoms with Gasteiger partial charge in [0.2, 0.25) is 5.91 Å². The van der Waals surface area contributed by atoms with Crippen molar-refractivity contribution in [3.8, 4) is 0 Å². The van der Waals surface area contributed by atoms with Gasteiger partial charge in [-0.25, -0.2) is 9.97 Å². The van der Waals surface area contributed by atoms with Crippen LogP contribution in [0.5, 0.6) is 0 Å². The molecule has 120 valence electrons. The summed E-state index contributed by atoms with van der Waals surface area (Å²) in [6.45, 7) is 5.39. The molecule has 1 aromatic rings. The number of aromatic nitrogens is 2. The Morgan fingerprint density at radius 1 is 1.27 bits per heavy atom. The van der Waals surface area contributed by atoms with Gasteiger partial charge < -0.3 is 15.5 Å². The SMILES string of the molecule is Cc1nc(NCCNC(=O)CC2CC2)cc(N2CCCC2)n1. The minimum absolute atomic E-state index is 0.168. The second-order valence-corrected chi connectivity index (χ2v) is 6.28. The Balaban J connectivity index is 1.45. The smallest absolute Gasteiger partial charge is 0.220 e. The Morgan fingerprint density at radius 3 is 2.77 bits per heavy atom. The second kappa shape index (κ2) is 6.94. The van der Waals surface area contributed by atoms with Gasteiger partial charge in [0.15, 0.2) is 0 Å². The molecule has 1 aromatic heterocycles. The molecule has 2 aliphatic rings. The van der Waals surface area contributed by atoms with Crippen molar-refractivity contribution in [1.82, 2.24) is 15.3 Å². The van der Waals surface area contributed by atoms with Crippen LogP contribution in [0.4, 0.5) is 11.6 Å². The molecular formula is C16H25N5O. The predicted octanol–water partition coefficient (Wildman–Crippen LogP) is 1.71. The van der Waals surface area contributed by atoms with Gasteiger partial charge in [-0.15, -0.1) is 0 Å². The van der Waals surface area contributed by atoms with Crippen LogP contribution in [0.25, 0.3) is 0 Å². The van der Waals surface area contributed by atoms with E-state index in [-0.39, 0.29) is 5.91 Å². The van der Waals surface area contributed by atoms with Crippen molar-refractivity contribution in [3.63, 3.8) is 0 Å². The van der Waals surface area contributed by atoms with E-state index in [0.29, 0.717) is 25.4 Å². The fourth-order valence-corrected chi connectivity index (χ4v) is 2.80. The Kier molecular flexibility index (Phi) is 4.75. The minimum atomic E-state index is 0.168. The number of amides is 1. The van der Waals surface area contributed by atoms with Crippen molar-refractivity contribution in [2.75, 3.05) is 36.4 Å². The fourth-order valence-electron chi connectivity index (χ4n) is 2.80.